The van der Waals surface area contributed by atoms with Gasteiger partial charge in [-0.25, -0.2) is 9.59 Å². The highest BCUT2D eigenvalue weighted by atomic mass is 16.4. The Hall–Kier alpha value is -3.02. The van der Waals surface area contributed by atoms with Crippen LogP contribution in [0.1, 0.15) is 11.5 Å². The number of carboxylic acids is 2. The Morgan fingerprint density at radius 3 is 1.50 bits per heavy atom. The number of carboxylic acid groups (broad SMARTS) is 2. The summed E-state index contributed by atoms with van der Waals surface area (Å²) in [5.74, 6) is -2.26. The van der Waals surface area contributed by atoms with Crippen molar-refractivity contribution in [2.24, 2.45) is 0 Å². The van der Waals surface area contributed by atoms with Gasteiger partial charge in [-0.2, -0.15) is 0 Å². The molecule has 0 unspecified atom stereocenters. The molecule has 0 atom stereocenters. The van der Waals surface area contributed by atoms with Gasteiger partial charge in [0.15, 0.2) is 0 Å². The summed E-state index contributed by atoms with van der Waals surface area (Å²) < 4.78 is 9.99. The van der Waals surface area contributed by atoms with Gasteiger partial charge in [-0.15, -0.1) is 0 Å². The van der Waals surface area contributed by atoms with Gasteiger partial charge in [0.25, 0.3) is 0 Å². The van der Waals surface area contributed by atoms with E-state index in [4.69, 9.17) is 8.83 Å². The lowest BCUT2D eigenvalue weighted by Gasteiger charge is -2.02. The SMILES string of the molecule is O=C(O)C(=C\c1ccco1)/C(=C\c1ccco1)C(=O)O. The lowest BCUT2D eigenvalue weighted by Crippen LogP contribution is -2.11. The molecule has 0 aromatic carbocycles. The monoisotopic (exact) mass is 274 g/mol. The number of rotatable bonds is 5. The van der Waals surface area contributed by atoms with Crippen LogP contribution in [0, 0.1) is 0 Å². The van der Waals surface area contributed by atoms with E-state index < -0.39 is 23.1 Å². The third kappa shape index (κ3) is 3.05. The Morgan fingerprint density at radius 2 is 1.25 bits per heavy atom. The standard InChI is InChI=1S/C14H10O6/c15-13(16)11(7-9-3-1-5-19-9)12(14(17)18)8-10-4-2-6-20-10/h1-8H,(H,15,16)(H,17,18)/b11-7-,12-8+. The van der Waals surface area contributed by atoms with Gasteiger partial charge in [0.1, 0.15) is 11.5 Å². The van der Waals surface area contributed by atoms with Crippen LogP contribution in [0.5, 0.6) is 0 Å². The molecule has 0 saturated carbocycles. The Labute approximate surface area is 113 Å². The normalized spacial score (nSPS) is 12.4. The van der Waals surface area contributed by atoms with Gasteiger partial charge in [0.2, 0.25) is 0 Å². The summed E-state index contributed by atoms with van der Waals surface area (Å²) in [6.07, 6.45) is 5.01. The minimum Gasteiger partial charge on any atom is -0.478 e. The molecule has 2 aromatic heterocycles. The molecule has 6 heteroatoms. The molecule has 6 nitrogen and oxygen atoms in total. The first-order chi connectivity index (χ1) is 9.58. The fourth-order valence-corrected chi connectivity index (χ4v) is 1.54. The first-order valence-electron chi connectivity index (χ1n) is 5.55. The largest absolute Gasteiger partial charge is 0.478 e. The van der Waals surface area contributed by atoms with Crippen molar-refractivity contribution in [3.63, 3.8) is 0 Å². The topological polar surface area (TPSA) is 101 Å². The maximum absolute atomic E-state index is 11.3. The third-order valence-corrected chi connectivity index (χ3v) is 2.41. The zero-order valence-corrected chi connectivity index (χ0v) is 10.1. The molecule has 0 bridgehead atoms. The van der Waals surface area contributed by atoms with Gasteiger partial charge in [-0.1, -0.05) is 0 Å². The number of hydrogen-bond acceptors (Lipinski definition) is 4. The predicted molar refractivity (Wildman–Crippen MR) is 68.6 cm³/mol. The van der Waals surface area contributed by atoms with Crippen LogP contribution >= 0.6 is 0 Å². The van der Waals surface area contributed by atoms with Crippen molar-refractivity contribution >= 4 is 24.1 Å². The lowest BCUT2D eigenvalue weighted by atomic mass is 10.0. The average molecular weight is 274 g/mol. The second-order valence-corrected chi connectivity index (χ2v) is 3.76. The maximum atomic E-state index is 11.3. The van der Waals surface area contributed by atoms with Crippen LogP contribution in [0.25, 0.3) is 12.2 Å². The Morgan fingerprint density at radius 1 is 0.850 bits per heavy atom. The third-order valence-electron chi connectivity index (χ3n) is 2.41. The number of carbonyl (C=O) groups is 2. The van der Waals surface area contributed by atoms with Crippen LogP contribution in [0.2, 0.25) is 0 Å². The summed E-state index contributed by atoms with van der Waals surface area (Å²) in [6, 6.07) is 6.19. The molecule has 0 aliphatic rings. The molecule has 20 heavy (non-hydrogen) atoms. The zero-order valence-electron chi connectivity index (χ0n) is 10.1. The summed E-state index contributed by atoms with van der Waals surface area (Å²) in [7, 11) is 0. The van der Waals surface area contributed by atoms with Gasteiger partial charge >= 0.3 is 11.9 Å². The molecule has 2 aromatic rings. The van der Waals surface area contributed by atoms with Gasteiger partial charge in [0.05, 0.1) is 23.7 Å². The smallest absolute Gasteiger partial charge is 0.336 e. The van der Waals surface area contributed by atoms with Gasteiger partial charge in [0, 0.05) is 0 Å². The molecule has 0 saturated heterocycles. The van der Waals surface area contributed by atoms with Crippen molar-refractivity contribution in [2.75, 3.05) is 0 Å². The van der Waals surface area contributed by atoms with Crippen LogP contribution in [-0.4, -0.2) is 22.2 Å². The first-order valence-corrected chi connectivity index (χ1v) is 5.55. The maximum Gasteiger partial charge on any atom is 0.336 e. The van der Waals surface area contributed by atoms with Gasteiger partial charge in [-0.3, -0.25) is 0 Å². The van der Waals surface area contributed by atoms with E-state index in [1.807, 2.05) is 0 Å². The Balaban J connectivity index is 2.49. The van der Waals surface area contributed by atoms with Crippen molar-refractivity contribution < 1.29 is 28.6 Å². The molecule has 0 spiro atoms. The van der Waals surface area contributed by atoms with Crippen molar-refractivity contribution in [3.05, 3.63) is 59.5 Å². The Kier molecular flexibility index (Phi) is 3.85. The molecule has 0 radical (unpaired) electrons. The molecule has 0 amide bonds. The lowest BCUT2D eigenvalue weighted by molar-refractivity contribution is -0.136. The van der Waals surface area contributed by atoms with E-state index in [9.17, 15) is 19.8 Å². The summed E-state index contributed by atoms with van der Waals surface area (Å²) in [6.45, 7) is 0. The van der Waals surface area contributed by atoms with E-state index in [2.05, 4.69) is 0 Å². The van der Waals surface area contributed by atoms with E-state index in [-0.39, 0.29) is 11.5 Å². The van der Waals surface area contributed by atoms with Crippen molar-refractivity contribution in [3.8, 4) is 0 Å². The average Bonchev–Trinajstić information content (AvgIpc) is 3.06. The van der Waals surface area contributed by atoms with Gasteiger partial charge in [-0.05, 0) is 36.4 Å². The molecule has 0 aliphatic heterocycles. The van der Waals surface area contributed by atoms with Crippen molar-refractivity contribution in [1.82, 2.24) is 0 Å². The molecule has 0 aliphatic carbocycles. The van der Waals surface area contributed by atoms with E-state index in [1.165, 1.54) is 24.7 Å². The number of aliphatic carboxylic acids is 2. The molecule has 102 valence electrons. The zero-order chi connectivity index (χ0) is 14.5. The summed E-state index contributed by atoms with van der Waals surface area (Å²) in [5.41, 5.74) is -0.798. The van der Waals surface area contributed by atoms with E-state index >= 15 is 0 Å². The van der Waals surface area contributed by atoms with Crippen LogP contribution < -0.4 is 0 Å². The minimum atomic E-state index is -1.37. The highest BCUT2D eigenvalue weighted by molar-refractivity contribution is 6.11. The molecular weight excluding hydrogens is 264 g/mol. The highest BCUT2D eigenvalue weighted by Crippen LogP contribution is 2.19. The Bertz CT molecular complexity index is 598. The van der Waals surface area contributed by atoms with Crippen LogP contribution in [0.15, 0.2) is 56.8 Å². The highest BCUT2D eigenvalue weighted by Gasteiger charge is 2.21. The van der Waals surface area contributed by atoms with Crippen LogP contribution in [-0.2, 0) is 9.59 Å². The van der Waals surface area contributed by atoms with Crippen molar-refractivity contribution in [1.29, 1.82) is 0 Å². The first kappa shape index (κ1) is 13.4. The minimum absolute atomic E-state index is 0.244. The fraction of sp³-hybridized carbons (Fsp3) is 0. The van der Waals surface area contributed by atoms with E-state index in [0.29, 0.717) is 0 Å². The van der Waals surface area contributed by atoms with E-state index in [0.717, 1.165) is 12.2 Å². The summed E-state index contributed by atoms with van der Waals surface area (Å²) in [4.78, 5) is 22.5. The summed E-state index contributed by atoms with van der Waals surface area (Å²) >= 11 is 0. The second kappa shape index (κ2) is 5.75. The van der Waals surface area contributed by atoms with E-state index in [1.54, 1.807) is 12.1 Å². The summed E-state index contributed by atoms with van der Waals surface area (Å²) in [5, 5.41) is 18.4. The number of hydrogen-bond donors (Lipinski definition) is 2. The number of furan rings is 2. The van der Waals surface area contributed by atoms with Crippen LogP contribution in [0.4, 0.5) is 0 Å². The van der Waals surface area contributed by atoms with Crippen molar-refractivity contribution in [2.45, 2.75) is 0 Å². The predicted octanol–water partition coefficient (Wildman–Crippen LogP) is 2.51. The van der Waals surface area contributed by atoms with Crippen LogP contribution in [0.3, 0.4) is 0 Å². The molecule has 2 rings (SSSR count). The molecule has 2 heterocycles. The molecular formula is C14H10O6. The fourth-order valence-electron chi connectivity index (χ4n) is 1.54. The molecule has 2 N–H and O–H groups in total. The van der Waals surface area contributed by atoms with Gasteiger partial charge < -0.3 is 19.0 Å². The second-order valence-electron chi connectivity index (χ2n) is 3.76. The quantitative estimate of drug-likeness (QED) is 0.641. The molecule has 0 fully saturated rings.